The van der Waals surface area contributed by atoms with Gasteiger partial charge in [-0.25, -0.2) is 14.5 Å². The molecule has 1 aliphatic rings. The number of nitrogens with one attached hydrogen (secondary N) is 1. The third kappa shape index (κ3) is 2.81. The van der Waals surface area contributed by atoms with Gasteiger partial charge in [0, 0.05) is 17.8 Å². The number of rotatable bonds is 3. The summed E-state index contributed by atoms with van der Waals surface area (Å²) >= 11 is 0. The Morgan fingerprint density at radius 1 is 1.39 bits per heavy atom. The highest BCUT2D eigenvalue weighted by Crippen LogP contribution is 2.29. The summed E-state index contributed by atoms with van der Waals surface area (Å²) in [4.78, 5) is 18.6. The van der Waals surface area contributed by atoms with Crippen molar-refractivity contribution in [2.45, 2.75) is 52.6 Å². The van der Waals surface area contributed by atoms with Gasteiger partial charge in [0.2, 0.25) is 0 Å². The van der Waals surface area contributed by atoms with E-state index >= 15 is 0 Å². The molecule has 0 aliphatic carbocycles. The molecule has 23 heavy (non-hydrogen) atoms. The van der Waals surface area contributed by atoms with Gasteiger partial charge in [-0.1, -0.05) is 13.0 Å². The Hall–Kier alpha value is -2.37. The molecule has 1 saturated heterocycles. The number of carbonyl (C=O) groups excluding carboxylic acids is 1. The van der Waals surface area contributed by atoms with Crippen LogP contribution in [0.1, 0.15) is 38.1 Å². The summed E-state index contributed by atoms with van der Waals surface area (Å²) in [6.07, 6.45) is 3.61. The molecule has 0 bridgehead atoms. The lowest BCUT2D eigenvalue weighted by atomic mass is 9.93. The number of likely N-dealkylation sites (tertiary alicyclic amines) is 1. The number of carbonyl (C=O) groups is 1. The highest BCUT2D eigenvalue weighted by molar-refractivity contribution is 5.90. The first kappa shape index (κ1) is 15.5. The number of urea groups is 1. The van der Waals surface area contributed by atoms with Crippen molar-refractivity contribution in [3.05, 3.63) is 35.9 Å². The molecule has 122 valence electrons. The Labute approximate surface area is 136 Å². The molecule has 6 heteroatoms. The topological polar surface area (TPSA) is 63.1 Å². The van der Waals surface area contributed by atoms with Gasteiger partial charge in [-0.3, -0.25) is 0 Å². The number of benzene rings is 1. The number of aromatic nitrogens is 3. The zero-order valence-corrected chi connectivity index (χ0v) is 14.1. The minimum absolute atomic E-state index is 0.0271. The maximum atomic E-state index is 12.5. The number of amides is 2. The Morgan fingerprint density at radius 2 is 2.17 bits per heavy atom. The summed E-state index contributed by atoms with van der Waals surface area (Å²) < 4.78 is 1.78. The summed E-state index contributed by atoms with van der Waals surface area (Å²) in [5.41, 5.74) is 2.79. The Balaban J connectivity index is 1.82. The van der Waals surface area contributed by atoms with Crippen molar-refractivity contribution in [2.75, 3.05) is 5.32 Å². The maximum absolute atomic E-state index is 12.5. The van der Waals surface area contributed by atoms with E-state index in [0.29, 0.717) is 12.1 Å². The molecule has 2 amide bonds. The summed E-state index contributed by atoms with van der Waals surface area (Å²) in [6.45, 7) is 8.14. The van der Waals surface area contributed by atoms with Crippen molar-refractivity contribution in [3.8, 4) is 5.69 Å². The van der Waals surface area contributed by atoms with E-state index in [4.69, 9.17) is 0 Å². The second-order valence-electron chi connectivity index (χ2n) is 6.20. The van der Waals surface area contributed by atoms with Crippen LogP contribution in [0.25, 0.3) is 5.69 Å². The Kier molecular flexibility index (Phi) is 4.07. The number of aryl methyl sites for hydroxylation is 2. The molecule has 0 spiro atoms. The van der Waals surface area contributed by atoms with Gasteiger partial charge in [0.1, 0.15) is 12.2 Å². The standard InChI is InChI=1S/C17H23N5O/c1-5-15-8-12(3)21(15)17(23)20-14-7-6-11(2)16(9-14)22-13(4)18-10-19-22/h6-7,9-10,12,15H,5,8H2,1-4H3,(H,20,23). The second kappa shape index (κ2) is 6.02. The quantitative estimate of drug-likeness (QED) is 0.945. The van der Waals surface area contributed by atoms with Crippen molar-refractivity contribution < 1.29 is 4.79 Å². The fourth-order valence-corrected chi connectivity index (χ4v) is 3.21. The molecule has 1 aliphatic heterocycles. The molecule has 0 saturated carbocycles. The van der Waals surface area contributed by atoms with Crippen LogP contribution < -0.4 is 5.32 Å². The predicted molar refractivity (Wildman–Crippen MR) is 89.8 cm³/mol. The highest BCUT2D eigenvalue weighted by atomic mass is 16.2. The molecule has 1 aromatic heterocycles. The number of hydrogen-bond donors (Lipinski definition) is 1. The van der Waals surface area contributed by atoms with Crippen LogP contribution in [0.3, 0.4) is 0 Å². The van der Waals surface area contributed by atoms with Gasteiger partial charge in [-0.2, -0.15) is 5.10 Å². The smallest absolute Gasteiger partial charge is 0.319 e. The molecule has 2 heterocycles. The van der Waals surface area contributed by atoms with Crippen LogP contribution in [-0.2, 0) is 0 Å². The fraction of sp³-hybridized carbons (Fsp3) is 0.471. The molecule has 6 nitrogen and oxygen atoms in total. The van der Waals surface area contributed by atoms with Crippen LogP contribution in [0.5, 0.6) is 0 Å². The monoisotopic (exact) mass is 313 g/mol. The van der Waals surface area contributed by atoms with Crippen LogP contribution >= 0.6 is 0 Å². The van der Waals surface area contributed by atoms with E-state index in [9.17, 15) is 4.79 Å². The van der Waals surface area contributed by atoms with Crippen LogP contribution in [0.4, 0.5) is 10.5 Å². The second-order valence-corrected chi connectivity index (χ2v) is 6.20. The lowest BCUT2D eigenvalue weighted by Gasteiger charge is -2.46. The van der Waals surface area contributed by atoms with E-state index < -0.39 is 0 Å². The highest BCUT2D eigenvalue weighted by Gasteiger charge is 2.37. The van der Waals surface area contributed by atoms with Gasteiger partial charge < -0.3 is 10.2 Å². The first-order valence-electron chi connectivity index (χ1n) is 8.08. The largest absolute Gasteiger partial charge is 0.322 e. The van der Waals surface area contributed by atoms with Crippen molar-refractivity contribution in [1.29, 1.82) is 0 Å². The molecular formula is C17H23N5O. The third-order valence-electron chi connectivity index (χ3n) is 4.59. The van der Waals surface area contributed by atoms with Gasteiger partial charge in [0.05, 0.1) is 5.69 Å². The van der Waals surface area contributed by atoms with Gasteiger partial charge in [0.15, 0.2) is 0 Å². The summed E-state index contributed by atoms with van der Waals surface area (Å²) in [5.74, 6) is 0.819. The average Bonchev–Trinajstić information content (AvgIpc) is 2.92. The zero-order chi connectivity index (χ0) is 16.6. The molecule has 2 atom stereocenters. The van der Waals surface area contributed by atoms with Crippen molar-refractivity contribution >= 4 is 11.7 Å². The molecule has 3 rings (SSSR count). The molecule has 1 N–H and O–H groups in total. The molecule has 2 unspecified atom stereocenters. The van der Waals surface area contributed by atoms with Gasteiger partial charge >= 0.3 is 6.03 Å². The van der Waals surface area contributed by atoms with E-state index in [0.717, 1.165) is 35.6 Å². The van der Waals surface area contributed by atoms with E-state index in [1.807, 2.05) is 36.9 Å². The molecule has 1 aromatic carbocycles. The summed E-state index contributed by atoms with van der Waals surface area (Å²) in [7, 11) is 0. The Bertz CT molecular complexity index is 724. The normalized spacial score (nSPS) is 20.3. The van der Waals surface area contributed by atoms with Crippen molar-refractivity contribution in [2.24, 2.45) is 0 Å². The van der Waals surface area contributed by atoms with Crippen molar-refractivity contribution in [3.63, 3.8) is 0 Å². The zero-order valence-electron chi connectivity index (χ0n) is 14.1. The minimum Gasteiger partial charge on any atom is -0.319 e. The van der Waals surface area contributed by atoms with Crippen LogP contribution in [0.2, 0.25) is 0 Å². The summed E-state index contributed by atoms with van der Waals surface area (Å²) in [5, 5.41) is 7.26. The maximum Gasteiger partial charge on any atom is 0.322 e. The predicted octanol–water partition coefficient (Wildman–Crippen LogP) is 3.29. The number of hydrogen-bond acceptors (Lipinski definition) is 3. The number of anilines is 1. The van der Waals surface area contributed by atoms with Gasteiger partial charge in [-0.15, -0.1) is 0 Å². The molecule has 2 aromatic rings. The van der Waals surface area contributed by atoms with Crippen LogP contribution in [0.15, 0.2) is 24.5 Å². The van der Waals surface area contributed by atoms with E-state index in [-0.39, 0.29) is 6.03 Å². The van der Waals surface area contributed by atoms with E-state index in [2.05, 4.69) is 29.2 Å². The number of nitrogens with zero attached hydrogens (tertiary/aromatic N) is 4. The lowest BCUT2D eigenvalue weighted by Crippen LogP contribution is -2.58. The van der Waals surface area contributed by atoms with Gasteiger partial charge in [-0.05, 0) is 51.3 Å². The molecular weight excluding hydrogens is 290 g/mol. The van der Waals surface area contributed by atoms with Crippen molar-refractivity contribution in [1.82, 2.24) is 19.7 Å². The van der Waals surface area contributed by atoms with E-state index in [1.165, 1.54) is 6.33 Å². The molecule has 0 radical (unpaired) electrons. The minimum atomic E-state index is -0.0271. The summed E-state index contributed by atoms with van der Waals surface area (Å²) in [6, 6.07) is 6.49. The third-order valence-corrected chi connectivity index (χ3v) is 4.59. The molecule has 1 fully saturated rings. The first-order valence-corrected chi connectivity index (χ1v) is 8.08. The SMILES string of the molecule is CCC1CC(C)N1C(=O)Nc1ccc(C)c(-n2ncnc2C)c1. The lowest BCUT2D eigenvalue weighted by molar-refractivity contribution is 0.0688. The average molecular weight is 313 g/mol. The van der Waals surface area contributed by atoms with Crippen LogP contribution in [0, 0.1) is 13.8 Å². The van der Waals surface area contributed by atoms with Gasteiger partial charge in [0.25, 0.3) is 0 Å². The Morgan fingerprint density at radius 3 is 2.78 bits per heavy atom. The van der Waals surface area contributed by atoms with E-state index in [1.54, 1.807) is 4.68 Å². The van der Waals surface area contributed by atoms with Crippen LogP contribution in [-0.4, -0.2) is 37.8 Å². The fourth-order valence-electron chi connectivity index (χ4n) is 3.21. The first-order chi connectivity index (χ1) is 11.0.